The van der Waals surface area contributed by atoms with Crippen LogP contribution in [0.3, 0.4) is 0 Å². The normalized spacial score (nSPS) is 21.4. The number of anilines is 1. The summed E-state index contributed by atoms with van der Waals surface area (Å²) in [5.74, 6) is 1.10. The van der Waals surface area contributed by atoms with Crippen LogP contribution in [-0.4, -0.2) is 38.9 Å². The second kappa shape index (κ2) is 9.20. The van der Waals surface area contributed by atoms with Gasteiger partial charge in [-0.3, -0.25) is 9.69 Å². The van der Waals surface area contributed by atoms with Crippen molar-refractivity contribution in [3.63, 3.8) is 0 Å². The van der Waals surface area contributed by atoms with E-state index in [9.17, 15) is 9.59 Å². The highest BCUT2D eigenvalue weighted by Gasteiger charge is 2.33. The molecule has 6 nitrogen and oxygen atoms in total. The van der Waals surface area contributed by atoms with Gasteiger partial charge >= 0.3 is 6.16 Å². The number of rotatable bonds is 6. The fraction of sp³-hybridized carbons (Fsp3) is 0.667. The molecule has 140 valence electrons. The Morgan fingerprint density at radius 1 is 1.28 bits per heavy atom. The van der Waals surface area contributed by atoms with Crippen molar-refractivity contribution in [3.05, 3.63) is 11.4 Å². The lowest BCUT2D eigenvalue weighted by Crippen LogP contribution is -2.45. The molecule has 1 heterocycles. The second-order valence-corrected chi connectivity index (χ2v) is 7.51. The van der Waals surface area contributed by atoms with Crippen LogP contribution in [0.5, 0.6) is 5.75 Å². The Bertz CT molecular complexity index is 580. The number of carbonyl (C=O) groups is 2. The van der Waals surface area contributed by atoms with Crippen molar-refractivity contribution in [1.82, 2.24) is 0 Å². The van der Waals surface area contributed by atoms with Crippen molar-refractivity contribution in [2.45, 2.75) is 45.6 Å². The number of thiophene rings is 1. The van der Waals surface area contributed by atoms with Gasteiger partial charge < -0.3 is 14.2 Å². The number of hydrogen-bond acceptors (Lipinski definition) is 6. The molecule has 1 aromatic heterocycles. The fourth-order valence-electron chi connectivity index (χ4n) is 3.21. The third-order valence-corrected chi connectivity index (χ3v) is 5.53. The van der Waals surface area contributed by atoms with Crippen LogP contribution in [0.15, 0.2) is 11.4 Å². The highest BCUT2D eigenvalue weighted by atomic mass is 32.1. The summed E-state index contributed by atoms with van der Waals surface area (Å²) < 4.78 is 15.0. The van der Waals surface area contributed by atoms with Crippen molar-refractivity contribution in [2.75, 3.05) is 25.7 Å². The van der Waals surface area contributed by atoms with Gasteiger partial charge in [0.15, 0.2) is 5.75 Å². The van der Waals surface area contributed by atoms with Gasteiger partial charge in [0.05, 0.1) is 19.8 Å². The first kappa shape index (κ1) is 19.7. The van der Waals surface area contributed by atoms with E-state index < -0.39 is 6.16 Å². The van der Waals surface area contributed by atoms with E-state index in [-0.39, 0.29) is 17.9 Å². The molecule has 0 saturated heterocycles. The third kappa shape index (κ3) is 4.95. The van der Waals surface area contributed by atoms with E-state index in [0.29, 0.717) is 23.3 Å². The van der Waals surface area contributed by atoms with E-state index in [1.54, 1.807) is 23.5 Å². The number of ether oxygens (including phenoxy) is 3. The summed E-state index contributed by atoms with van der Waals surface area (Å²) in [6, 6.07) is 1.52. The maximum absolute atomic E-state index is 13.2. The summed E-state index contributed by atoms with van der Waals surface area (Å²) in [5, 5.41) is 2.43. The van der Waals surface area contributed by atoms with Gasteiger partial charge in [0.1, 0.15) is 5.00 Å². The Hall–Kier alpha value is -1.60. The topological polar surface area (TPSA) is 65.1 Å². The van der Waals surface area contributed by atoms with Gasteiger partial charge in [0.25, 0.3) is 0 Å². The first-order chi connectivity index (χ1) is 12.0. The number of carbonyl (C=O) groups excluding carboxylic acids is 2. The molecule has 2 rings (SSSR count). The molecule has 0 bridgehead atoms. The first-order valence-electron chi connectivity index (χ1n) is 8.63. The van der Waals surface area contributed by atoms with Crippen molar-refractivity contribution in [2.24, 2.45) is 11.8 Å². The highest BCUT2D eigenvalue weighted by Crippen LogP contribution is 2.39. The van der Waals surface area contributed by atoms with E-state index in [0.717, 1.165) is 25.7 Å². The van der Waals surface area contributed by atoms with Gasteiger partial charge in [0.2, 0.25) is 5.91 Å². The maximum atomic E-state index is 13.2. The number of methoxy groups -OCH3 is 2. The SMILES string of the molecule is COCC(C)N(c1sccc1OC(=O)OC)C(=O)[C@H]1CC[C@H](C)CC1. The average molecular weight is 369 g/mol. The van der Waals surface area contributed by atoms with Gasteiger partial charge in [-0.25, -0.2) is 4.79 Å². The molecule has 1 fully saturated rings. The summed E-state index contributed by atoms with van der Waals surface area (Å²) >= 11 is 1.37. The zero-order valence-electron chi connectivity index (χ0n) is 15.3. The Kier molecular flexibility index (Phi) is 7.25. The molecule has 7 heteroatoms. The standard InChI is InChI=1S/C18H27NO5S/c1-12-5-7-14(8-6-12)16(20)19(13(2)11-22-3)17-15(9-10-25-17)24-18(21)23-4/h9-10,12-14H,5-8,11H2,1-4H3/t12-,13?,14-. The predicted molar refractivity (Wildman–Crippen MR) is 97.3 cm³/mol. The van der Waals surface area contributed by atoms with E-state index >= 15 is 0 Å². The zero-order chi connectivity index (χ0) is 18.4. The van der Waals surface area contributed by atoms with Gasteiger partial charge in [-0.15, -0.1) is 11.3 Å². The minimum absolute atomic E-state index is 0.00332. The number of amides is 1. The molecule has 1 aliphatic carbocycles. The van der Waals surface area contributed by atoms with Crippen LogP contribution in [0.1, 0.15) is 39.5 Å². The molecule has 1 amide bonds. The van der Waals surface area contributed by atoms with Gasteiger partial charge in [0, 0.05) is 13.0 Å². The fourth-order valence-corrected chi connectivity index (χ4v) is 4.14. The van der Waals surface area contributed by atoms with Crippen LogP contribution < -0.4 is 9.64 Å². The van der Waals surface area contributed by atoms with Crippen LogP contribution >= 0.6 is 11.3 Å². The second-order valence-electron chi connectivity index (χ2n) is 6.62. The molecule has 0 N–H and O–H groups in total. The largest absolute Gasteiger partial charge is 0.513 e. The molecule has 1 saturated carbocycles. The minimum atomic E-state index is -0.794. The lowest BCUT2D eigenvalue weighted by Gasteiger charge is -2.34. The predicted octanol–water partition coefficient (Wildman–Crippen LogP) is 4.09. The molecule has 1 aromatic rings. The van der Waals surface area contributed by atoms with Crippen LogP contribution in [-0.2, 0) is 14.3 Å². The zero-order valence-corrected chi connectivity index (χ0v) is 16.1. The maximum Gasteiger partial charge on any atom is 0.513 e. The van der Waals surface area contributed by atoms with Crippen LogP contribution in [0, 0.1) is 11.8 Å². The molecular formula is C18H27NO5S. The first-order valence-corrected chi connectivity index (χ1v) is 9.51. The van der Waals surface area contributed by atoms with Gasteiger partial charge in [-0.1, -0.05) is 6.92 Å². The van der Waals surface area contributed by atoms with E-state index in [1.807, 2.05) is 6.92 Å². The molecule has 0 aliphatic heterocycles. The Labute approximate surface area is 153 Å². The van der Waals surface area contributed by atoms with Crippen LogP contribution in [0.25, 0.3) is 0 Å². The molecule has 25 heavy (non-hydrogen) atoms. The smallest absolute Gasteiger partial charge is 0.437 e. The molecule has 1 aliphatic rings. The monoisotopic (exact) mass is 369 g/mol. The quantitative estimate of drug-likeness (QED) is 0.707. The summed E-state index contributed by atoms with van der Waals surface area (Å²) in [4.78, 5) is 26.5. The molecule has 0 spiro atoms. The van der Waals surface area contributed by atoms with Gasteiger partial charge in [-0.2, -0.15) is 0 Å². The van der Waals surface area contributed by atoms with E-state index in [1.165, 1.54) is 18.4 Å². The lowest BCUT2D eigenvalue weighted by molar-refractivity contribution is -0.124. The van der Waals surface area contributed by atoms with Gasteiger partial charge in [-0.05, 0) is 50.0 Å². The highest BCUT2D eigenvalue weighted by molar-refractivity contribution is 7.14. The third-order valence-electron chi connectivity index (χ3n) is 4.64. The number of nitrogens with zero attached hydrogens (tertiary/aromatic N) is 1. The summed E-state index contributed by atoms with van der Waals surface area (Å²) in [5.41, 5.74) is 0. The van der Waals surface area contributed by atoms with Crippen LogP contribution in [0.4, 0.5) is 9.80 Å². The molecule has 1 unspecified atom stereocenters. The minimum Gasteiger partial charge on any atom is -0.437 e. The van der Waals surface area contributed by atoms with E-state index in [2.05, 4.69) is 11.7 Å². The summed E-state index contributed by atoms with van der Waals surface area (Å²) in [6.45, 7) is 4.58. The van der Waals surface area contributed by atoms with Crippen molar-refractivity contribution < 1.29 is 23.8 Å². The molecule has 0 aromatic carbocycles. The lowest BCUT2D eigenvalue weighted by atomic mass is 9.82. The Morgan fingerprint density at radius 3 is 2.56 bits per heavy atom. The molecule has 0 radical (unpaired) electrons. The van der Waals surface area contributed by atoms with Crippen LogP contribution in [0.2, 0.25) is 0 Å². The Morgan fingerprint density at radius 2 is 1.96 bits per heavy atom. The van der Waals surface area contributed by atoms with Crippen molar-refractivity contribution >= 4 is 28.4 Å². The molecular weight excluding hydrogens is 342 g/mol. The summed E-state index contributed by atoms with van der Waals surface area (Å²) in [7, 11) is 2.87. The summed E-state index contributed by atoms with van der Waals surface area (Å²) in [6.07, 6.45) is 3.14. The van der Waals surface area contributed by atoms with Crippen molar-refractivity contribution in [1.29, 1.82) is 0 Å². The van der Waals surface area contributed by atoms with E-state index in [4.69, 9.17) is 9.47 Å². The molecule has 1 atom stereocenters. The average Bonchev–Trinajstić information content (AvgIpc) is 3.03. The Balaban J connectivity index is 2.26. The number of hydrogen-bond donors (Lipinski definition) is 0. The van der Waals surface area contributed by atoms with Crippen molar-refractivity contribution in [3.8, 4) is 5.75 Å².